The Bertz CT molecular complexity index is 576. The van der Waals surface area contributed by atoms with Crippen molar-refractivity contribution in [3.05, 3.63) is 11.6 Å². The van der Waals surface area contributed by atoms with E-state index < -0.39 is 0 Å². The molecule has 27 heavy (non-hydrogen) atoms. The van der Waals surface area contributed by atoms with E-state index in [1.807, 2.05) is 0 Å². The van der Waals surface area contributed by atoms with Gasteiger partial charge in [-0.05, 0) is 82.6 Å². The quantitative estimate of drug-likeness (QED) is 0.308. The van der Waals surface area contributed by atoms with Crippen molar-refractivity contribution in [3.8, 4) is 0 Å². The van der Waals surface area contributed by atoms with E-state index >= 15 is 0 Å². The van der Waals surface area contributed by atoms with Crippen molar-refractivity contribution in [2.75, 3.05) is 0 Å². The Kier molecular flexibility index (Phi) is 7.53. The fourth-order valence-electron chi connectivity index (χ4n) is 6.16. The molecular weight excluding hydrogens is 338 g/mol. The smallest absolute Gasteiger partial charge is 0.303 e. The van der Waals surface area contributed by atoms with E-state index in [2.05, 4.69) is 38.9 Å². The van der Waals surface area contributed by atoms with Gasteiger partial charge in [0.1, 0.15) is 5.60 Å². The van der Waals surface area contributed by atoms with Crippen LogP contribution >= 0.6 is 0 Å². The second-order valence-corrected chi connectivity index (χ2v) is 8.80. The Labute approximate surface area is 165 Å². The van der Waals surface area contributed by atoms with Gasteiger partial charge in [-0.25, -0.2) is 0 Å². The van der Waals surface area contributed by atoms with Crippen LogP contribution in [0, 0.1) is 17.3 Å². The molecule has 0 aromatic heterocycles. The normalized spacial score (nSPS) is 31.7. The van der Waals surface area contributed by atoms with Crippen molar-refractivity contribution < 1.29 is 14.7 Å². The van der Waals surface area contributed by atoms with Gasteiger partial charge < -0.3 is 9.94 Å². The summed E-state index contributed by atoms with van der Waals surface area (Å²) in [5.41, 5.74) is 2.03. The first-order chi connectivity index (χ1) is 12.9. The van der Waals surface area contributed by atoms with Crippen molar-refractivity contribution in [2.24, 2.45) is 22.4 Å². The molecule has 1 fully saturated rings. The molecule has 2 unspecified atom stereocenters. The summed E-state index contributed by atoms with van der Waals surface area (Å²) in [6.45, 7) is 10.4. The molecule has 0 radical (unpaired) electrons. The summed E-state index contributed by atoms with van der Waals surface area (Å²) in [6.07, 6.45) is 12.9. The Balaban J connectivity index is 2.13. The number of hydrogen-bond acceptors (Lipinski definition) is 4. The monoisotopic (exact) mass is 377 g/mol. The lowest BCUT2D eigenvalue weighted by Crippen LogP contribution is -2.47. The maximum absolute atomic E-state index is 11.7. The van der Waals surface area contributed by atoms with Gasteiger partial charge in [0.05, 0.1) is 5.71 Å². The van der Waals surface area contributed by atoms with Gasteiger partial charge in [-0.2, -0.15) is 0 Å². The number of nitrogens with zero attached hydrogens (tertiary/aromatic N) is 1. The predicted octanol–water partition coefficient (Wildman–Crippen LogP) is 6.27. The number of oxime groups is 1. The van der Waals surface area contributed by atoms with E-state index in [-0.39, 0.29) is 17.0 Å². The molecular formula is C23H39NO3. The average Bonchev–Trinajstić information content (AvgIpc) is 2.91. The minimum Gasteiger partial charge on any atom is -0.459 e. The molecule has 4 heteroatoms. The lowest BCUT2D eigenvalue weighted by molar-refractivity contribution is -0.171. The van der Waals surface area contributed by atoms with Crippen LogP contribution in [0.1, 0.15) is 98.8 Å². The Hall–Kier alpha value is -1.32. The van der Waals surface area contributed by atoms with Crippen molar-refractivity contribution in [1.29, 1.82) is 0 Å². The van der Waals surface area contributed by atoms with Gasteiger partial charge in [0.15, 0.2) is 0 Å². The maximum atomic E-state index is 11.7. The zero-order chi connectivity index (χ0) is 20.1. The summed E-state index contributed by atoms with van der Waals surface area (Å²) in [4.78, 5) is 11.7. The molecule has 154 valence electrons. The van der Waals surface area contributed by atoms with E-state index in [1.165, 1.54) is 18.4 Å². The summed E-state index contributed by atoms with van der Waals surface area (Å²) in [5, 5.41) is 12.6. The number of allylic oxidation sites excluding steroid dienone is 2. The zero-order valence-corrected chi connectivity index (χ0v) is 18.0. The van der Waals surface area contributed by atoms with Crippen LogP contribution in [0.15, 0.2) is 16.8 Å². The lowest BCUT2D eigenvalue weighted by atomic mass is 9.64. The third-order valence-corrected chi connectivity index (χ3v) is 7.59. The summed E-state index contributed by atoms with van der Waals surface area (Å²) in [7, 11) is 0. The summed E-state index contributed by atoms with van der Waals surface area (Å²) >= 11 is 0. The van der Waals surface area contributed by atoms with Crippen LogP contribution in [0.5, 0.6) is 0 Å². The minimum absolute atomic E-state index is 0.0830. The second kappa shape index (κ2) is 9.25. The summed E-state index contributed by atoms with van der Waals surface area (Å²) < 4.78 is 5.91. The fraction of sp³-hybridized carbons (Fsp3) is 0.826. The molecule has 0 saturated heterocycles. The highest BCUT2D eigenvalue weighted by atomic mass is 16.6. The molecule has 2 rings (SSSR count). The van der Waals surface area contributed by atoms with Crippen molar-refractivity contribution >= 4 is 11.7 Å². The molecule has 0 aromatic carbocycles. The molecule has 2 aliphatic carbocycles. The van der Waals surface area contributed by atoms with E-state index in [9.17, 15) is 4.79 Å². The van der Waals surface area contributed by atoms with Crippen LogP contribution in [-0.2, 0) is 9.53 Å². The first-order valence-electron chi connectivity index (χ1n) is 11.0. The van der Waals surface area contributed by atoms with Gasteiger partial charge in [-0.3, -0.25) is 4.79 Å². The van der Waals surface area contributed by atoms with Crippen LogP contribution in [0.3, 0.4) is 0 Å². The number of hydrogen-bond donors (Lipinski definition) is 1. The standard InChI is InChI=1S/C23H39NO3/c1-6-9-19-16-21(24-26)13-11-18(19)10-12-20-14-15-22(5,27-17(4)25)23(20,7-2)8-3/h16,18,20,26H,6-15H2,1-5H3/b24-21+/t18?,20?,22-/m0/s1. The van der Waals surface area contributed by atoms with Gasteiger partial charge in [-0.15, -0.1) is 0 Å². The number of ether oxygens (including phenoxy) is 1. The molecule has 2 aliphatic rings. The molecule has 1 N–H and O–H groups in total. The van der Waals surface area contributed by atoms with Crippen LogP contribution in [-0.4, -0.2) is 22.5 Å². The third-order valence-electron chi connectivity index (χ3n) is 7.59. The molecule has 3 atom stereocenters. The van der Waals surface area contributed by atoms with Gasteiger partial charge in [-0.1, -0.05) is 37.9 Å². The second-order valence-electron chi connectivity index (χ2n) is 8.80. The number of esters is 1. The molecule has 0 bridgehead atoms. The zero-order valence-electron chi connectivity index (χ0n) is 18.0. The van der Waals surface area contributed by atoms with E-state index in [4.69, 9.17) is 9.94 Å². The van der Waals surface area contributed by atoms with Crippen LogP contribution in [0.4, 0.5) is 0 Å². The average molecular weight is 378 g/mol. The first kappa shape index (κ1) is 22.0. The van der Waals surface area contributed by atoms with Gasteiger partial charge >= 0.3 is 5.97 Å². The van der Waals surface area contributed by atoms with E-state index in [0.717, 1.165) is 57.1 Å². The lowest BCUT2D eigenvalue weighted by Gasteiger charge is -2.46. The van der Waals surface area contributed by atoms with Crippen molar-refractivity contribution in [3.63, 3.8) is 0 Å². The number of carbonyl (C=O) groups is 1. The summed E-state index contributed by atoms with van der Waals surface area (Å²) in [6, 6.07) is 0. The molecule has 0 spiro atoms. The van der Waals surface area contributed by atoms with Gasteiger partial charge in [0.25, 0.3) is 0 Å². The molecule has 0 heterocycles. The van der Waals surface area contributed by atoms with Crippen molar-refractivity contribution in [1.82, 2.24) is 0 Å². The molecule has 4 nitrogen and oxygen atoms in total. The third kappa shape index (κ3) is 4.41. The van der Waals surface area contributed by atoms with Gasteiger partial charge in [0, 0.05) is 12.3 Å². The summed E-state index contributed by atoms with van der Waals surface area (Å²) in [5.74, 6) is 1.05. The Morgan fingerprint density at radius 2 is 1.96 bits per heavy atom. The van der Waals surface area contributed by atoms with E-state index in [0.29, 0.717) is 11.8 Å². The predicted molar refractivity (Wildman–Crippen MR) is 110 cm³/mol. The highest BCUT2D eigenvalue weighted by molar-refractivity contribution is 5.95. The molecule has 1 saturated carbocycles. The minimum atomic E-state index is -0.335. The Morgan fingerprint density at radius 3 is 2.52 bits per heavy atom. The number of carbonyl (C=O) groups excluding carboxylic acids is 1. The Morgan fingerprint density at radius 1 is 1.26 bits per heavy atom. The maximum Gasteiger partial charge on any atom is 0.303 e. The fourth-order valence-corrected chi connectivity index (χ4v) is 6.16. The molecule has 0 aliphatic heterocycles. The van der Waals surface area contributed by atoms with Crippen LogP contribution in [0.2, 0.25) is 0 Å². The van der Waals surface area contributed by atoms with Crippen LogP contribution < -0.4 is 0 Å². The van der Waals surface area contributed by atoms with Crippen molar-refractivity contribution in [2.45, 2.75) is 104 Å². The highest BCUT2D eigenvalue weighted by Gasteiger charge is 2.57. The van der Waals surface area contributed by atoms with Crippen LogP contribution in [0.25, 0.3) is 0 Å². The van der Waals surface area contributed by atoms with Gasteiger partial charge in [0.2, 0.25) is 0 Å². The first-order valence-corrected chi connectivity index (χ1v) is 11.0. The molecule has 0 amide bonds. The van der Waals surface area contributed by atoms with E-state index in [1.54, 1.807) is 6.92 Å². The largest absolute Gasteiger partial charge is 0.459 e. The number of rotatable bonds is 8. The SMILES string of the molecule is CCCC1=C/C(=N/O)CCC1CCC1CC[C@](C)(OC(C)=O)C1(CC)CC. The molecule has 0 aromatic rings. The topological polar surface area (TPSA) is 58.9 Å². The highest BCUT2D eigenvalue weighted by Crippen LogP contribution is 2.58.